The highest BCUT2D eigenvalue weighted by molar-refractivity contribution is 6.07. The van der Waals surface area contributed by atoms with Crippen molar-refractivity contribution in [1.82, 2.24) is 10.2 Å². The standard InChI is InChI=1S/C21H26N2O7/c1-14-5-6-15(28-9-3-2-4-19-29-10-11-30-19)12-16(14)21(27)23(13-24)17-7-8-18(25)22-20(17)26/h5-6,12-13,17,19H,2-4,7-11H2,1H3,(H,22,25,26). The van der Waals surface area contributed by atoms with Crippen molar-refractivity contribution in [3.8, 4) is 5.75 Å². The summed E-state index contributed by atoms with van der Waals surface area (Å²) in [6.07, 6.45) is 2.89. The fraction of sp³-hybridized carbons (Fsp3) is 0.524. The first kappa shape index (κ1) is 21.9. The number of rotatable bonds is 9. The third-order valence-electron chi connectivity index (χ3n) is 5.13. The first-order valence-corrected chi connectivity index (χ1v) is 10.1. The summed E-state index contributed by atoms with van der Waals surface area (Å²) in [4.78, 5) is 48.8. The molecule has 1 N–H and O–H groups in total. The molecular formula is C21H26N2O7. The van der Waals surface area contributed by atoms with Gasteiger partial charge in [0, 0.05) is 12.0 Å². The van der Waals surface area contributed by atoms with Gasteiger partial charge in [0.1, 0.15) is 11.8 Å². The lowest BCUT2D eigenvalue weighted by Crippen LogP contribution is -2.53. The number of unbranched alkanes of at least 4 members (excludes halogenated alkanes) is 1. The van der Waals surface area contributed by atoms with Gasteiger partial charge in [0.25, 0.3) is 5.91 Å². The van der Waals surface area contributed by atoms with Gasteiger partial charge in [0.2, 0.25) is 18.2 Å². The van der Waals surface area contributed by atoms with Crippen LogP contribution in [0.25, 0.3) is 0 Å². The van der Waals surface area contributed by atoms with E-state index in [1.54, 1.807) is 25.1 Å². The molecule has 0 aromatic heterocycles. The average molecular weight is 418 g/mol. The molecule has 2 saturated heterocycles. The molecule has 1 aromatic rings. The molecule has 2 aliphatic rings. The summed E-state index contributed by atoms with van der Waals surface area (Å²) >= 11 is 0. The lowest BCUT2D eigenvalue weighted by atomic mass is 10.0. The number of carbonyl (C=O) groups is 4. The summed E-state index contributed by atoms with van der Waals surface area (Å²) in [6.45, 7) is 3.48. The normalized spacial score (nSPS) is 19.4. The highest BCUT2D eigenvalue weighted by Gasteiger charge is 2.35. The Kier molecular flexibility index (Phi) is 7.53. The van der Waals surface area contributed by atoms with Crippen molar-refractivity contribution in [2.75, 3.05) is 19.8 Å². The van der Waals surface area contributed by atoms with E-state index >= 15 is 0 Å². The topological polar surface area (TPSA) is 111 Å². The molecule has 4 amide bonds. The maximum Gasteiger partial charge on any atom is 0.261 e. The number of piperidine rings is 1. The number of amides is 4. The van der Waals surface area contributed by atoms with E-state index < -0.39 is 23.8 Å². The van der Waals surface area contributed by atoms with Gasteiger partial charge in [-0.15, -0.1) is 0 Å². The monoisotopic (exact) mass is 418 g/mol. The van der Waals surface area contributed by atoms with Crippen molar-refractivity contribution in [3.05, 3.63) is 29.3 Å². The molecular weight excluding hydrogens is 392 g/mol. The molecule has 1 unspecified atom stereocenters. The van der Waals surface area contributed by atoms with E-state index in [9.17, 15) is 19.2 Å². The average Bonchev–Trinajstić information content (AvgIpc) is 3.24. The third kappa shape index (κ3) is 5.43. The molecule has 30 heavy (non-hydrogen) atoms. The Bertz CT molecular complexity index is 805. The van der Waals surface area contributed by atoms with Crippen molar-refractivity contribution in [3.63, 3.8) is 0 Å². The number of aryl methyl sites for hydroxylation is 1. The Morgan fingerprint density at radius 3 is 2.73 bits per heavy atom. The van der Waals surface area contributed by atoms with Crippen LogP contribution in [0.5, 0.6) is 5.75 Å². The van der Waals surface area contributed by atoms with Crippen LogP contribution in [-0.4, -0.2) is 61.2 Å². The molecule has 9 nitrogen and oxygen atoms in total. The van der Waals surface area contributed by atoms with E-state index in [0.717, 1.165) is 24.2 Å². The van der Waals surface area contributed by atoms with Crippen molar-refractivity contribution in [2.45, 2.75) is 51.4 Å². The first-order chi connectivity index (χ1) is 14.5. The van der Waals surface area contributed by atoms with Crippen molar-refractivity contribution < 1.29 is 33.4 Å². The summed E-state index contributed by atoms with van der Waals surface area (Å²) < 4.78 is 16.5. The van der Waals surface area contributed by atoms with Crippen LogP contribution in [0.1, 0.15) is 48.0 Å². The van der Waals surface area contributed by atoms with Gasteiger partial charge in [0.15, 0.2) is 6.29 Å². The third-order valence-corrected chi connectivity index (χ3v) is 5.13. The zero-order valence-corrected chi connectivity index (χ0v) is 16.9. The predicted molar refractivity (Wildman–Crippen MR) is 105 cm³/mol. The number of benzene rings is 1. The first-order valence-electron chi connectivity index (χ1n) is 10.1. The van der Waals surface area contributed by atoms with Gasteiger partial charge < -0.3 is 14.2 Å². The number of nitrogens with one attached hydrogen (secondary N) is 1. The maximum atomic E-state index is 12.9. The largest absolute Gasteiger partial charge is 0.494 e. The number of hydrogen-bond acceptors (Lipinski definition) is 7. The minimum absolute atomic E-state index is 0.0765. The van der Waals surface area contributed by atoms with E-state index in [4.69, 9.17) is 14.2 Å². The summed E-state index contributed by atoms with van der Waals surface area (Å²) in [5.41, 5.74) is 0.930. The number of ether oxygens (including phenoxy) is 3. The van der Waals surface area contributed by atoms with Gasteiger partial charge in [0.05, 0.1) is 19.8 Å². The second kappa shape index (κ2) is 10.3. The number of nitrogens with zero attached hydrogens (tertiary/aromatic N) is 1. The molecule has 3 rings (SSSR count). The van der Waals surface area contributed by atoms with Gasteiger partial charge in [-0.1, -0.05) is 6.07 Å². The smallest absolute Gasteiger partial charge is 0.261 e. The number of carbonyl (C=O) groups excluding carboxylic acids is 4. The molecule has 0 bridgehead atoms. The van der Waals surface area contributed by atoms with Crippen LogP contribution in [0, 0.1) is 6.92 Å². The van der Waals surface area contributed by atoms with Gasteiger partial charge in [-0.05, 0) is 50.3 Å². The van der Waals surface area contributed by atoms with Gasteiger partial charge >= 0.3 is 0 Å². The Morgan fingerprint density at radius 1 is 1.27 bits per heavy atom. The fourth-order valence-corrected chi connectivity index (χ4v) is 3.45. The van der Waals surface area contributed by atoms with Crippen LogP contribution < -0.4 is 10.1 Å². The molecule has 0 saturated carbocycles. The van der Waals surface area contributed by atoms with Crippen molar-refractivity contribution >= 4 is 24.1 Å². The molecule has 2 fully saturated rings. The van der Waals surface area contributed by atoms with E-state index in [0.29, 0.717) is 37.5 Å². The number of hydrogen-bond donors (Lipinski definition) is 1. The Hall–Kier alpha value is -2.78. The summed E-state index contributed by atoms with van der Waals surface area (Å²) in [7, 11) is 0. The van der Waals surface area contributed by atoms with E-state index in [1.165, 1.54) is 0 Å². The van der Waals surface area contributed by atoms with Crippen LogP contribution >= 0.6 is 0 Å². The second-order valence-corrected chi connectivity index (χ2v) is 7.28. The quantitative estimate of drug-likeness (QED) is 0.366. The lowest BCUT2D eigenvalue weighted by Gasteiger charge is -2.28. The van der Waals surface area contributed by atoms with Crippen LogP contribution in [0.2, 0.25) is 0 Å². The van der Waals surface area contributed by atoms with Crippen LogP contribution in [0.15, 0.2) is 18.2 Å². The van der Waals surface area contributed by atoms with Crippen molar-refractivity contribution in [1.29, 1.82) is 0 Å². The van der Waals surface area contributed by atoms with E-state index in [1.807, 2.05) is 0 Å². The van der Waals surface area contributed by atoms with E-state index in [2.05, 4.69) is 5.32 Å². The lowest BCUT2D eigenvalue weighted by molar-refractivity contribution is -0.139. The maximum absolute atomic E-state index is 12.9. The Labute approximate surface area is 174 Å². The molecule has 0 aliphatic carbocycles. The molecule has 2 heterocycles. The minimum Gasteiger partial charge on any atom is -0.494 e. The summed E-state index contributed by atoms with van der Waals surface area (Å²) in [6, 6.07) is 4.06. The van der Waals surface area contributed by atoms with E-state index in [-0.39, 0.29) is 24.7 Å². The molecule has 1 aromatic carbocycles. The molecule has 0 radical (unpaired) electrons. The molecule has 2 aliphatic heterocycles. The van der Waals surface area contributed by atoms with Crippen LogP contribution in [0.4, 0.5) is 0 Å². The zero-order chi connectivity index (χ0) is 21.5. The highest BCUT2D eigenvalue weighted by Crippen LogP contribution is 2.22. The Balaban J connectivity index is 1.58. The highest BCUT2D eigenvalue weighted by atomic mass is 16.7. The SMILES string of the molecule is Cc1ccc(OCCCCC2OCCO2)cc1C(=O)N(C=O)C1CCC(=O)NC1=O. The molecule has 162 valence electrons. The van der Waals surface area contributed by atoms with Crippen LogP contribution in [-0.2, 0) is 23.9 Å². The summed E-state index contributed by atoms with van der Waals surface area (Å²) in [5.74, 6) is -1.15. The minimum atomic E-state index is -1.00. The molecule has 9 heteroatoms. The van der Waals surface area contributed by atoms with Gasteiger partial charge in [-0.25, -0.2) is 0 Å². The summed E-state index contributed by atoms with van der Waals surface area (Å²) in [5, 5.41) is 2.16. The molecule has 1 atom stereocenters. The van der Waals surface area contributed by atoms with Crippen LogP contribution in [0.3, 0.4) is 0 Å². The number of imide groups is 2. The Morgan fingerprint density at radius 2 is 2.03 bits per heavy atom. The zero-order valence-electron chi connectivity index (χ0n) is 16.9. The van der Waals surface area contributed by atoms with Crippen molar-refractivity contribution in [2.24, 2.45) is 0 Å². The van der Waals surface area contributed by atoms with Gasteiger partial charge in [-0.2, -0.15) is 0 Å². The second-order valence-electron chi connectivity index (χ2n) is 7.28. The fourth-order valence-electron chi connectivity index (χ4n) is 3.45. The predicted octanol–water partition coefficient (Wildman–Crippen LogP) is 1.32. The van der Waals surface area contributed by atoms with Gasteiger partial charge in [-0.3, -0.25) is 29.4 Å². The molecule has 0 spiro atoms.